The van der Waals surface area contributed by atoms with Crippen molar-refractivity contribution in [2.75, 3.05) is 0 Å². The van der Waals surface area contributed by atoms with E-state index in [0.717, 1.165) is 24.4 Å². The van der Waals surface area contributed by atoms with Crippen molar-refractivity contribution in [3.05, 3.63) is 58.7 Å². The number of hydrogen-bond acceptors (Lipinski definition) is 5. The average Bonchev–Trinajstić information content (AvgIpc) is 3.27. The predicted octanol–water partition coefficient (Wildman–Crippen LogP) is 1.84. The lowest BCUT2D eigenvalue weighted by molar-refractivity contribution is -0.136. The molecule has 5 rings (SSSR count). The molecule has 2 aromatic rings. The Hall–Kier alpha value is -3.19. The molecule has 0 bridgehead atoms. The van der Waals surface area contributed by atoms with Gasteiger partial charge in [-0.05, 0) is 41.8 Å². The van der Waals surface area contributed by atoms with Crippen molar-refractivity contribution in [3.8, 4) is 11.5 Å². The molecule has 1 unspecified atom stereocenters. The summed E-state index contributed by atoms with van der Waals surface area (Å²) in [6.07, 6.45) is 0.585. The van der Waals surface area contributed by atoms with Gasteiger partial charge in [-0.3, -0.25) is 19.7 Å². The summed E-state index contributed by atoms with van der Waals surface area (Å²) in [5, 5.41) is 5.63. The fourth-order valence-corrected chi connectivity index (χ4v) is 4.11. The Morgan fingerprint density at radius 3 is 2.75 bits per heavy atom. The molecule has 3 amide bonds. The van der Waals surface area contributed by atoms with Gasteiger partial charge in [0.05, 0.1) is 6.54 Å². The highest BCUT2D eigenvalue weighted by molar-refractivity contribution is 6.05. The van der Waals surface area contributed by atoms with E-state index in [1.807, 2.05) is 18.2 Å². The second kappa shape index (κ2) is 6.45. The van der Waals surface area contributed by atoms with Crippen LogP contribution >= 0.6 is 0 Å². The first-order valence-corrected chi connectivity index (χ1v) is 9.37. The summed E-state index contributed by atoms with van der Waals surface area (Å²) in [7, 11) is 0. The molecule has 142 valence electrons. The van der Waals surface area contributed by atoms with Gasteiger partial charge in [-0.25, -0.2) is 0 Å². The summed E-state index contributed by atoms with van der Waals surface area (Å²) < 4.78 is 6.11. The zero-order valence-corrected chi connectivity index (χ0v) is 15.2. The van der Waals surface area contributed by atoms with E-state index in [9.17, 15) is 14.4 Å². The molecule has 1 atom stereocenters. The molecule has 0 aliphatic carbocycles. The quantitative estimate of drug-likeness (QED) is 0.797. The summed E-state index contributed by atoms with van der Waals surface area (Å²) in [5.41, 5.74) is 3.80. The predicted molar refractivity (Wildman–Crippen MR) is 99.5 cm³/mol. The molecule has 28 heavy (non-hydrogen) atoms. The van der Waals surface area contributed by atoms with Crippen molar-refractivity contribution >= 4 is 17.7 Å². The van der Waals surface area contributed by atoms with Gasteiger partial charge in [-0.1, -0.05) is 12.1 Å². The Kier molecular flexibility index (Phi) is 3.91. The van der Waals surface area contributed by atoms with E-state index >= 15 is 0 Å². The van der Waals surface area contributed by atoms with E-state index < -0.39 is 11.9 Å². The van der Waals surface area contributed by atoms with Gasteiger partial charge in [0.15, 0.2) is 0 Å². The van der Waals surface area contributed by atoms with Crippen LogP contribution in [0.4, 0.5) is 0 Å². The van der Waals surface area contributed by atoms with E-state index in [2.05, 4.69) is 16.7 Å². The Labute approximate surface area is 161 Å². The van der Waals surface area contributed by atoms with Gasteiger partial charge >= 0.3 is 0 Å². The third-order valence-electron chi connectivity index (χ3n) is 5.58. The maximum atomic E-state index is 12.9. The monoisotopic (exact) mass is 377 g/mol. The van der Waals surface area contributed by atoms with Gasteiger partial charge in [0.2, 0.25) is 11.8 Å². The molecule has 0 aromatic heterocycles. The summed E-state index contributed by atoms with van der Waals surface area (Å²) in [6, 6.07) is 10.7. The van der Waals surface area contributed by atoms with Gasteiger partial charge in [0.1, 0.15) is 17.5 Å². The summed E-state index contributed by atoms with van der Waals surface area (Å²) >= 11 is 0. The normalized spacial score (nSPS) is 20.8. The van der Waals surface area contributed by atoms with Crippen LogP contribution in [0.3, 0.4) is 0 Å². The minimum Gasteiger partial charge on any atom is -0.457 e. The van der Waals surface area contributed by atoms with E-state index in [0.29, 0.717) is 24.3 Å². The first-order valence-electron chi connectivity index (χ1n) is 9.37. The molecule has 0 spiro atoms. The summed E-state index contributed by atoms with van der Waals surface area (Å²) in [5.74, 6) is 0.439. The number of amides is 3. The number of hydrogen-bond donors (Lipinski definition) is 2. The SMILES string of the molecule is O=C1CCC(N2Cc3c(Oc4ccc5c(c4)CNC5)cccc3C2=O)C(=O)N1. The Morgan fingerprint density at radius 2 is 1.89 bits per heavy atom. The van der Waals surface area contributed by atoms with Crippen molar-refractivity contribution in [2.45, 2.75) is 38.5 Å². The van der Waals surface area contributed by atoms with Crippen molar-refractivity contribution in [3.63, 3.8) is 0 Å². The van der Waals surface area contributed by atoms with Crippen LogP contribution in [0.5, 0.6) is 11.5 Å². The third kappa shape index (κ3) is 2.75. The van der Waals surface area contributed by atoms with Crippen molar-refractivity contribution in [2.24, 2.45) is 0 Å². The molecule has 3 aliphatic heterocycles. The van der Waals surface area contributed by atoms with Gasteiger partial charge < -0.3 is 15.0 Å². The largest absolute Gasteiger partial charge is 0.457 e. The Balaban J connectivity index is 1.42. The van der Waals surface area contributed by atoms with Crippen LogP contribution in [0.15, 0.2) is 36.4 Å². The number of carbonyl (C=O) groups excluding carboxylic acids is 3. The fraction of sp³-hybridized carbons (Fsp3) is 0.286. The first kappa shape index (κ1) is 16.9. The number of nitrogens with one attached hydrogen (secondary N) is 2. The van der Waals surface area contributed by atoms with Crippen molar-refractivity contribution in [1.29, 1.82) is 0 Å². The first-order chi connectivity index (χ1) is 13.6. The molecule has 2 aromatic carbocycles. The van der Waals surface area contributed by atoms with Gasteiger partial charge in [-0.2, -0.15) is 0 Å². The second-order valence-electron chi connectivity index (χ2n) is 7.32. The summed E-state index contributed by atoms with van der Waals surface area (Å²) in [6.45, 7) is 1.98. The average molecular weight is 377 g/mol. The number of fused-ring (bicyclic) bond motifs is 2. The number of ether oxygens (including phenoxy) is 1. The van der Waals surface area contributed by atoms with Crippen LogP contribution in [0.25, 0.3) is 0 Å². The van der Waals surface area contributed by atoms with E-state index in [-0.39, 0.29) is 18.2 Å². The van der Waals surface area contributed by atoms with Crippen LogP contribution in [-0.2, 0) is 29.2 Å². The van der Waals surface area contributed by atoms with Gasteiger partial charge in [0, 0.05) is 30.6 Å². The molecule has 7 nitrogen and oxygen atoms in total. The fourth-order valence-electron chi connectivity index (χ4n) is 4.11. The van der Waals surface area contributed by atoms with E-state index in [4.69, 9.17) is 4.74 Å². The van der Waals surface area contributed by atoms with Crippen molar-refractivity contribution < 1.29 is 19.1 Å². The maximum absolute atomic E-state index is 12.9. The molecule has 0 saturated carbocycles. The van der Waals surface area contributed by atoms with Crippen LogP contribution in [-0.4, -0.2) is 28.7 Å². The van der Waals surface area contributed by atoms with Crippen LogP contribution in [0.2, 0.25) is 0 Å². The van der Waals surface area contributed by atoms with Crippen LogP contribution in [0, 0.1) is 0 Å². The van der Waals surface area contributed by atoms with Crippen LogP contribution in [0.1, 0.15) is 39.9 Å². The van der Waals surface area contributed by atoms with Crippen LogP contribution < -0.4 is 15.4 Å². The lowest BCUT2D eigenvalue weighted by atomic mass is 10.0. The zero-order chi connectivity index (χ0) is 19.3. The number of benzene rings is 2. The number of rotatable bonds is 3. The zero-order valence-electron chi connectivity index (χ0n) is 15.2. The highest BCUT2D eigenvalue weighted by atomic mass is 16.5. The molecule has 7 heteroatoms. The smallest absolute Gasteiger partial charge is 0.255 e. The number of piperidine rings is 1. The molecule has 1 fully saturated rings. The molecule has 0 radical (unpaired) electrons. The molecule has 3 heterocycles. The Bertz CT molecular complexity index is 1020. The van der Waals surface area contributed by atoms with E-state index in [1.165, 1.54) is 16.0 Å². The van der Waals surface area contributed by atoms with E-state index in [1.54, 1.807) is 12.1 Å². The minimum absolute atomic E-state index is 0.201. The highest BCUT2D eigenvalue weighted by Gasteiger charge is 2.40. The number of nitrogens with zero attached hydrogens (tertiary/aromatic N) is 1. The standard InChI is InChI=1S/C21H19N3O4/c25-19-7-6-17(20(26)23-19)24-11-16-15(21(24)27)2-1-3-18(16)28-14-5-4-12-9-22-10-13(12)8-14/h1-5,8,17,22H,6-7,9-11H2,(H,23,25,26). The number of imide groups is 1. The maximum Gasteiger partial charge on any atom is 0.255 e. The molecule has 3 aliphatic rings. The van der Waals surface area contributed by atoms with Crippen molar-refractivity contribution in [1.82, 2.24) is 15.5 Å². The molecular formula is C21H19N3O4. The molecular weight excluding hydrogens is 358 g/mol. The Morgan fingerprint density at radius 1 is 1.04 bits per heavy atom. The van der Waals surface area contributed by atoms with Gasteiger partial charge in [-0.15, -0.1) is 0 Å². The second-order valence-corrected chi connectivity index (χ2v) is 7.32. The molecule has 2 N–H and O–H groups in total. The lowest BCUT2D eigenvalue weighted by Crippen LogP contribution is -2.52. The highest BCUT2D eigenvalue weighted by Crippen LogP contribution is 2.36. The summed E-state index contributed by atoms with van der Waals surface area (Å²) in [4.78, 5) is 38.0. The minimum atomic E-state index is -0.628. The third-order valence-corrected chi connectivity index (χ3v) is 5.58. The van der Waals surface area contributed by atoms with Gasteiger partial charge in [0.25, 0.3) is 5.91 Å². The molecule has 1 saturated heterocycles. The lowest BCUT2D eigenvalue weighted by Gasteiger charge is -2.29. The number of carbonyl (C=O) groups is 3. The topological polar surface area (TPSA) is 87.7 Å².